The van der Waals surface area contributed by atoms with E-state index in [1.54, 1.807) is 10.4 Å². The van der Waals surface area contributed by atoms with E-state index in [4.69, 9.17) is 5.73 Å². The van der Waals surface area contributed by atoms with Gasteiger partial charge in [-0.25, -0.2) is 0 Å². The zero-order valence-electron chi connectivity index (χ0n) is 12.4. The minimum absolute atomic E-state index is 0.144. The highest BCUT2D eigenvalue weighted by molar-refractivity contribution is 7.12. The molecule has 0 bridgehead atoms. The first-order valence-electron chi connectivity index (χ1n) is 7.57. The Hall–Kier alpha value is -1.12. The molecule has 1 atom stereocenters. The summed E-state index contributed by atoms with van der Waals surface area (Å²) in [6.07, 6.45) is 6.16. The fraction of sp³-hybridized carbons (Fsp3) is 0.444. The Morgan fingerprint density at radius 2 is 1.85 bits per heavy atom. The van der Waals surface area contributed by atoms with E-state index < -0.39 is 0 Å². The fourth-order valence-electron chi connectivity index (χ4n) is 3.19. The molecule has 1 aromatic carbocycles. The van der Waals surface area contributed by atoms with Crippen molar-refractivity contribution in [2.24, 2.45) is 5.73 Å². The minimum atomic E-state index is 0.144. The smallest absolute Gasteiger partial charge is 0.0431 e. The number of hydrogen-bond acceptors (Lipinski definition) is 2. The Kier molecular flexibility index (Phi) is 3.95. The fourth-order valence-corrected chi connectivity index (χ4v) is 4.45. The summed E-state index contributed by atoms with van der Waals surface area (Å²) in [6.45, 7) is 4.38. The maximum absolute atomic E-state index is 6.49. The summed E-state index contributed by atoms with van der Waals surface area (Å²) < 4.78 is 0. The molecule has 0 aliphatic heterocycles. The SMILES string of the molecule is Cc1cccc(C)c1CC(N)c1cc2c(s1)CCCC2. The topological polar surface area (TPSA) is 26.0 Å². The van der Waals surface area contributed by atoms with Crippen LogP contribution in [0.3, 0.4) is 0 Å². The monoisotopic (exact) mass is 285 g/mol. The maximum atomic E-state index is 6.49. The molecule has 1 aliphatic rings. The van der Waals surface area contributed by atoms with Crippen molar-refractivity contribution in [1.29, 1.82) is 0 Å². The lowest BCUT2D eigenvalue weighted by atomic mass is 9.95. The molecule has 106 valence electrons. The molecule has 1 aromatic heterocycles. The van der Waals surface area contributed by atoms with E-state index in [1.807, 2.05) is 11.3 Å². The van der Waals surface area contributed by atoms with Crippen LogP contribution in [0.15, 0.2) is 24.3 Å². The van der Waals surface area contributed by atoms with E-state index in [-0.39, 0.29) is 6.04 Å². The van der Waals surface area contributed by atoms with Crippen LogP contribution in [0.1, 0.15) is 50.9 Å². The van der Waals surface area contributed by atoms with E-state index >= 15 is 0 Å². The van der Waals surface area contributed by atoms with Gasteiger partial charge in [-0.2, -0.15) is 0 Å². The van der Waals surface area contributed by atoms with Crippen LogP contribution in [0.2, 0.25) is 0 Å². The largest absolute Gasteiger partial charge is 0.323 e. The molecule has 0 fully saturated rings. The molecule has 0 saturated carbocycles. The number of aryl methyl sites for hydroxylation is 4. The van der Waals surface area contributed by atoms with Crippen molar-refractivity contribution in [3.63, 3.8) is 0 Å². The van der Waals surface area contributed by atoms with E-state index in [2.05, 4.69) is 38.1 Å². The zero-order chi connectivity index (χ0) is 14.1. The highest BCUT2D eigenvalue weighted by Gasteiger charge is 2.18. The quantitative estimate of drug-likeness (QED) is 0.883. The van der Waals surface area contributed by atoms with Gasteiger partial charge in [-0.05, 0) is 74.3 Å². The average Bonchev–Trinajstić information content (AvgIpc) is 2.87. The molecule has 2 N–H and O–H groups in total. The summed E-state index contributed by atoms with van der Waals surface area (Å²) in [4.78, 5) is 2.96. The molecule has 0 radical (unpaired) electrons. The summed E-state index contributed by atoms with van der Waals surface area (Å²) >= 11 is 1.95. The van der Waals surface area contributed by atoms with Crippen molar-refractivity contribution >= 4 is 11.3 Å². The predicted molar refractivity (Wildman–Crippen MR) is 87.5 cm³/mol. The Labute approximate surface area is 125 Å². The minimum Gasteiger partial charge on any atom is -0.323 e. The van der Waals surface area contributed by atoms with Crippen molar-refractivity contribution < 1.29 is 0 Å². The van der Waals surface area contributed by atoms with Gasteiger partial charge in [0.1, 0.15) is 0 Å². The number of rotatable bonds is 3. The van der Waals surface area contributed by atoms with Crippen LogP contribution >= 0.6 is 11.3 Å². The van der Waals surface area contributed by atoms with Crippen LogP contribution in [-0.2, 0) is 19.3 Å². The van der Waals surface area contributed by atoms with Gasteiger partial charge in [0.2, 0.25) is 0 Å². The second-order valence-electron chi connectivity index (χ2n) is 5.99. The lowest BCUT2D eigenvalue weighted by molar-refractivity contribution is 0.695. The Bertz CT molecular complexity index is 568. The number of fused-ring (bicyclic) bond motifs is 1. The molecule has 1 nitrogen and oxygen atoms in total. The molecular weight excluding hydrogens is 262 g/mol. The molecule has 1 heterocycles. The van der Waals surface area contributed by atoms with Crippen LogP contribution in [0, 0.1) is 13.8 Å². The first kappa shape index (κ1) is 13.8. The van der Waals surface area contributed by atoms with Gasteiger partial charge in [0.15, 0.2) is 0 Å². The normalized spacial score (nSPS) is 15.9. The van der Waals surface area contributed by atoms with Crippen molar-refractivity contribution in [2.45, 2.75) is 52.0 Å². The molecule has 0 amide bonds. The molecule has 20 heavy (non-hydrogen) atoms. The van der Waals surface area contributed by atoms with Gasteiger partial charge < -0.3 is 5.73 Å². The van der Waals surface area contributed by atoms with Gasteiger partial charge in [-0.1, -0.05) is 18.2 Å². The highest BCUT2D eigenvalue weighted by Crippen LogP contribution is 2.33. The molecule has 3 rings (SSSR count). The highest BCUT2D eigenvalue weighted by atomic mass is 32.1. The predicted octanol–water partition coefficient (Wildman–Crippen LogP) is 4.49. The summed E-state index contributed by atoms with van der Waals surface area (Å²) in [5.74, 6) is 0. The third kappa shape index (κ3) is 2.68. The van der Waals surface area contributed by atoms with Crippen LogP contribution in [-0.4, -0.2) is 0 Å². The van der Waals surface area contributed by atoms with Crippen LogP contribution in [0.25, 0.3) is 0 Å². The zero-order valence-corrected chi connectivity index (χ0v) is 13.2. The molecule has 2 heteroatoms. The Morgan fingerprint density at radius 3 is 2.55 bits per heavy atom. The van der Waals surface area contributed by atoms with Crippen LogP contribution in [0.4, 0.5) is 0 Å². The lowest BCUT2D eigenvalue weighted by Gasteiger charge is -2.14. The molecular formula is C18H23NS. The number of benzene rings is 1. The van der Waals surface area contributed by atoms with Crippen molar-refractivity contribution in [1.82, 2.24) is 0 Å². The van der Waals surface area contributed by atoms with Gasteiger partial charge in [-0.3, -0.25) is 0 Å². The van der Waals surface area contributed by atoms with E-state index in [1.165, 1.54) is 47.3 Å². The first-order valence-corrected chi connectivity index (χ1v) is 8.39. The first-order chi connectivity index (χ1) is 9.65. The van der Waals surface area contributed by atoms with E-state index in [9.17, 15) is 0 Å². The van der Waals surface area contributed by atoms with Crippen LogP contribution < -0.4 is 5.73 Å². The number of thiophene rings is 1. The summed E-state index contributed by atoms with van der Waals surface area (Å²) in [5.41, 5.74) is 12.2. The van der Waals surface area contributed by atoms with Crippen LogP contribution in [0.5, 0.6) is 0 Å². The number of nitrogens with two attached hydrogens (primary N) is 1. The van der Waals surface area contributed by atoms with Gasteiger partial charge in [-0.15, -0.1) is 11.3 Å². The second-order valence-corrected chi connectivity index (χ2v) is 7.15. The third-order valence-electron chi connectivity index (χ3n) is 4.45. The molecule has 0 spiro atoms. The van der Waals surface area contributed by atoms with Crippen molar-refractivity contribution in [3.8, 4) is 0 Å². The lowest BCUT2D eigenvalue weighted by Crippen LogP contribution is -2.13. The molecule has 0 saturated heterocycles. The Balaban J connectivity index is 1.82. The van der Waals surface area contributed by atoms with Gasteiger partial charge in [0.05, 0.1) is 0 Å². The standard InChI is InChI=1S/C18H23NS/c1-12-6-5-7-13(2)15(12)11-16(19)18-10-14-8-3-4-9-17(14)20-18/h5-7,10,16H,3-4,8-9,11,19H2,1-2H3. The molecule has 2 aromatic rings. The maximum Gasteiger partial charge on any atom is 0.0431 e. The van der Waals surface area contributed by atoms with Crippen molar-refractivity contribution in [3.05, 3.63) is 56.3 Å². The van der Waals surface area contributed by atoms with E-state index in [0.29, 0.717) is 0 Å². The van der Waals surface area contributed by atoms with Gasteiger partial charge in [0, 0.05) is 15.8 Å². The molecule has 1 unspecified atom stereocenters. The van der Waals surface area contributed by atoms with E-state index in [0.717, 1.165) is 6.42 Å². The van der Waals surface area contributed by atoms with Crippen molar-refractivity contribution in [2.75, 3.05) is 0 Å². The molecule has 1 aliphatic carbocycles. The van der Waals surface area contributed by atoms with Gasteiger partial charge in [0.25, 0.3) is 0 Å². The second kappa shape index (κ2) is 5.71. The summed E-state index contributed by atoms with van der Waals surface area (Å²) in [5, 5.41) is 0. The third-order valence-corrected chi connectivity index (χ3v) is 5.82. The van der Waals surface area contributed by atoms with Gasteiger partial charge >= 0.3 is 0 Å². The average molecular weight is 285 g/mol. The summed E-state index contributed by atoms with van der Waals surface area (Å²) in [6, 6.07) is 9.02. The summed E-state index contributed by atoms with van der Waals surface area (Å²) in [7, 11) is 0. The Morgan fingerprint density at radius 1 is 1.15 bits per heavy atom. The number of hydrogen-bond donors (Lipinski definition) is 1.